The summed E-state index contributed by atoms with van der Waals surface area (Å²) < 4.78 is 27.8. The Morgan fingerprint density at radius 3 is 2.71 bits per heavy atom. The van der Waals surface area contributed by atoms with Gasteiger partial charge in [0, 0.05) is 21.4 Å². The van der Waals surface area contributed by atoms with Gasteiger partial charge >= 0.3 is 5.97 Å². The minimum Gasteiger partial charge on any atom is -0.480 e. The van der Waals surface area contributed by atoms with Crippen LogP contribution >= 0.6 is 11.3 Å². The first kappa shape index (κ1) is 17.0. The Morgan fingerprint density at radius 1 is 1.29 bits per heavy atom. The Bertz CT molecular complexity index is 746. The fourth-order valence-electron chi connectivity index (χ4n) is 3.35. The molecule has 2 aromatic rings. The Kier molecular flexibility index (Phi) is 4.96. The molecule has 6 heteroatoms. The average Bonchev–Trinajstić information content (AvgIpc) is 2.96. The number of likely N-dealkylation sites (tertiary alicyclic amines) is 1. The molecular weight excluding hydrogens is 332 g/mol. The van der Waals surface area contributed by atoms with Crippen LogP contribution in [-0.4, -0.2) is 28.6 Å². The monoisotopic (exact) mass is 351 g/mol. The molecule has 0 bridgehead atoms. The number of piperidine rings is 1. The number of nitrogens with zero attached hydrogens (tertiary/aromatic N) is 1. The molecule has 2 unspecified atom stereocenters. The normalized spacial score (nSPS) is 20.0. The molecule has 3 rings (SSSR count). The lowest BCUT2D eigenvalue weighted by atomic mass is 9.95. The summed E-state index contributed by atoms with van der Waals surface area (Å²) in [6, 6.07) is 6.20. The van der Waals surface area contributed by atoms with E-state index in [9.17, 15) is 18.7 Å². The second-order valence-electron chi connectivity index (χ2n) is 6.10. The third kappa shape index (κ3) is 3.35. The molecule has 1 aromatic heterocycles. The predicted octanol–water partition coefficient (Wildman–Crippen LogP) is 4.36. The molecule has 0 aliphatic carbocycles. The molecule has 3 nitrogen and oxygen atoms in total. The van der Waals surface area contributed by atoms with Crippen molar-refractivity contribution in [3.05, 3.63) is 57.3 Å². The fraction of sp³-hybridized carbons (Fsp3) is 0.389. The van der Waals surface area contributed by atoms with Crippen molar-refractivity contribution < 1.29 is 18.7 Å². The first-order valence-corrected chi connectivity index (χ1v) is 8.79. The van der Waals surface area contributed by atoms with Gasteiger partial charge in [0.25, 0.3) is 0 Å². The summed E-state index contributed by atoms with van der Waals surface area (Å²) in [5.74, 6) is -2.16. The minimum absolute atomic E-state index is 0.325. The van der Waals surface area contributed by atoms with E-state index >= 15 is 0 Å². The Morgan fingerprint density at radius 2 is 2.08 bits per heavy atom. The molecular formula is C18H19F2NO2S. The third-order valence-electron chi connectivity index (χ3n) is 4.45. The van der Waals surface area contributed by atoms with E-state index in [0.717, 1.165) is 28.7 Å². The molecule has 24 heavy (non-hydrogen) atoms. The van der Waals surface area contributed by atoms with Crippen LogP contribution in [0.2, 0.25) is 0 Å². The van der Waals surface area contributed by atoms with Crippen molar-refractivity contribution in [2.24, 2.45) is 0 Å². The number of aryl methyl sites for hydroxylation is 1. The molecule has 2 heterocycles. The Balaban J connectivity index is 2.09. The lowest BCUT2D eigenvalue weighted by Crippen LogP contribution is -2.46. The first-order chi connectivity index (χ1) is 11.5. The summed E-state index contributed by atoms with van der Waals surface area (Å²) in [5.41, 5.74) is 0.325. The summed E-state index contributed by atoms with van der Waals surface area (Å²) in [4.78, 5) is 15.5. The zero-order chi connectivity index (χ0) is 17.3. The van der Waals surface area contributed by atoms with Gasteiger partial charge in [-0.3, -0.25) is 9.69 Å². The highest BCUT2D eigenvalue weighted by Crippen LogP contribution is 2.38. The van der Waals surface area contributed by atoms with E-state index in [1.807, 2.05) is 24.0 Å². The highest BCUT2D eigenvalue weighted by atomic mass is 32.1. The molecule has 1 aromatic carbocycles. The topological polar surface area (TPSA) is 40.5 Å². The van der Waals surface area contributed by atoms with E-state index in [2.05, 4.69) is 0 Å². The van der Waals surface area contributed by atoms with Crippen LogP contribution in [-0.2, 0) is 4.79 Å². The van der Waals surface area contributed by atoms with Gasteiger partial charge in [0.05, 0.1) is 6.04 Å². The number of benzene rings is 1. The summed E-state index contributed by atoms with van der Waals surface area (Å²) in [7, 11) is 0. The van der Waals surface area contributed by atoms with E-state index < -0.39 is 29.7 Å². The van der Waals surface area contributed by atoms with Crippen LogP contribution in [0.3, 0.4) is 0 Å². The number of carboxylic acid groups (broad SMARTS) is 1. The van der Waals surface area contributed by atoms with Crippen LogP contribution in [0.25, 0.3) is 0 Å². The van der Waals surface area contributed by atoms with E-state index in [1.165, 1.54) is 23.5 Å². The molecule has 1 N–H and O–H groups in total. The lowest BCUT2D eigenvalue weighted by Gasteiger charge is -2.39. The van der Waals surface area contributed by atoms with Gasteiger partial charge in [-0.25, -0.2) is 8.78 Å². The number of halogens is 2. The standard InChI is InChI=1S/C18H19F2NO2S/c1-11-5-8-16(24-11)17(13-7-6-12(19)10-14(13)20)21-9-3-2-4-15(21)18(22)23/h5-8,10,15,17H,2-4,9H2,1H3,(H,22,23). The second kappa shape index (κ2) is 6.99. The van der Waals surface area contributed by atoms with Gasteiger partial charge in [0.1, 0.15) is 17.7 Å². The van der Waals surface area contributed by atoms with Crippen molar-refractivity contribution in [2.45, 2.75) is 38.3 Å². The number of carbonyl (C=O) groups is 1. The number of thiophene rings is 1. The van der Waals surface area contributed by atoms with Crippen molar-refractivity contribution in [3.63, 3.8) is 0 Å². The van der Waals surface area contributed by atoms with Gasteiger partial charge in [-0.05, 0) is 44.5 Å². The minimum atomic E-state index is -0.893. The van der Waals surface area contributed by atoms with Gasteiger partial charge in [-0.2, -0.15) is 0 Å². The van der Waals surface area contributed by atoms with Gasteiger partial charge in [0.15, 0.2) is 0 Å². The van der Waals surface area contributed by atoms with Gasteiger partial charge < -0.3 is 5.11 Å². The highest BCUT2D eigenvalue weighted by molar-refractivity contribution is 7.12. The zero-order valence-electron chi connectivity index (χ0n) is 13.3. The SMILES string of the molecule is Cc1ccc(C(c2ccc(F)cc2F)N2CCCCC2C(=O)O)s1. The van der Waals surface area contributed by atoms with Crippen LogP contribution in [0.4, 0.5) is 8.78 Å². The summed E-state index contributed by atoms with van der Waals surface area (Å²) >= 11 is 1.52. The van der Waals surface area contributed by atoms with Crippen molar-refractivity contribution in [2.75, 3.05) is 6.54 Å². The van der Waals surface area contributed by atoms with E-state index in [-0.39, 0.29) is 0 Å². The van der Waals surface area contributed by atoms with Crippen molar-refractivity contribution in [1.82, 2.24) is 4.90 Å². The van der Waals surface area contributed by atoms with Crippen LogP contribution in [0, 0.1) is 18.6 Å². The summed E-state index contributed by atoms with van der Waals surface area (Å²) in [5, 5.41) is 9.58. The van der Waals surface area contributed by atoms with Crippen LogP contribution in [0.1, 0.15) is 40.6 Å². The summed E-state index contributed by atoms with van der Waals surface area (Å²) in [6.45, 7) is 2.53. The maximum atomic E-state index is 14.5. The highest BCUT2D eigenvalue weighted by Gasteiger charge is 2.36. The molecule has 1 aliphatic heterocycles. The zero-order valence-corrected chi connectivity index (χ0v) is 14.2. The van der Waals surface area contributed by atoms with Gasteiger partial charge in [-0.15, -0.1) is 11.3 Å². The Hall–Kier alpha value is -1.79. The van der Waals surface area contributed by atoms with Crippen molar-refractivity contribution in [3.8, 4) is 0 Å². The second-order valence-corrected chi connectivity index (χ2v) is 7.42. The van der Waals surface area contributed by atoms with Crippen LogP contribution in [0.5, 0.6) is 0 Å². The Labute approximate surface area is 143 Å². The number of rotatable bonds is 4. The largest absolute Gasteiger partial charge is 0.480 e. The third-order valence-corrected chi connectivity index (χ3v) is 5.50. The number of hydrogen-bond donors (Lipinski definition) is 1. The molecule has 128 valence electrons. The van der Waals surface area contributed by atoms with Crippen molar-refractivity contribution in [1.29, 1.82) is 0 Å². The fourth-order valence-corrected chi connectivity index (χ4v) is 4.37. The molecule has 1 fully saturated rings. The molecule has 2 atom stereocenters. The maximum absolute atomic E-state index is 14.5. The molecule has 0 spiro atoms. The van der Waals surface area contributed by atoms with Crippen LogP contribution in [0.15, 0.2) is 30.3 Å². The number of carboxylic acids is 1. The van der Waals surface area contributed by atoms with Crippen molar-refractivity contribution >= 4 is 17.3 Å². The predicted molar refractivity (Wildman–Crippen MR) is 89.2 cm³/mol. The van der Waals surface area contributed by atoms with Gasteiger partial charge in [-0.1, -0.05) is 12.5 Å². The molecule has 1 saturated heterocycles. The first-order valence-electron chi connectivity index (χ1n) is 7.97. The molecule has 0 saturated carbocycles. The molecule has 0 radical (unpaired) electrons. The lowest BCUT2D eigenvalue weighted by molar-refractivity contribution is -0.145. The smallest absolute Gasteiger partial charge is 0.320 e. The van der Waals surface area contributed by atoms with E-state index in [4.69, 9.17) is 0 Å². The molecule has 1 aliphatic rings. The number of aliphatic carboxylic acids is 1. The number of hydrogen-bond acceptors (Lipinski definition) is 3. The van der Waals surface area contributed by atoms with E-state index in [1.54, 1.807) is 0 Å². The van der Waals surface area contributed by atoms with E-state index in [0.29, 0.717) is 18.5 Å². The van der Waals surface area contributed by atoms with Gasteiger partial charge in [0.2, 0.25) is 0 Å². The van der Waals surface area contributed by atoms with Crippen LogP contribution < -0.4 is 0 Å². The average molecular weight is 351 g/mol. The maximum Gasteiger partial charge on any atom is 0.320 e. The quantitative estimate of drug-likeness (QED) is 0.890. The summed E-state index contributed by atoms with van der Waals surface area (Å²) in [6.07, 6.45) is 2.25. The molecule has 0 amide bonds.